The van der Waals surface area contributed by atoms with Gasteiger partial charge in [0.15, 0.2) is 17.4 Å². The molecule has 0 spiro atoms. The van der Waals surface area contributed by atoms with Gasteiger partial charge in [-0.2, -0.15) is 8.78 Å². The average Bonchev–Trinajstić information content (AvgIpc) is 1.97. The first-order valence-corrected chi connectivity index (χ1v) is 2.56. The summed E-state index contributed by atoms with van der Waals surface area (Å²) in [6.07, 6.45) is 0. The Morgan fingerprint density at radius 2 is 1.25 bits per heavy atom. The summed E-state index contributed by atoms with van der Waals surface area (Å²) >= 11 is 0. The predicted octanol–water partition coefficient (Wildman–Crippen LogP) is 1.57. The molecule has 1 aromatic carbocycles. The van der Waals surface area contributed by atoms with Crippen molar-refractivity contribution in [1.29, 1.82) is 0 Å². The Bertz CT molecular complexity index is 276. The van der Waals surface area contributed by atoms with Crippen molar-refractivity contribution in [2.24, 2.45) is 0 Å². The molecular formula is C6H2F4KO. The van der Waals surface area contributed by atoms with Gasteiger partial charge in [0.05, 0.1) is 0 Å². The van der Waals surface area contributed by atoms with Gasteiger partial charge in [-0.25, -0.2) is 8.78 Å². The average molecular weight is 205 g/mol. The van der Waals surface area contributed by atoms with Crippen LogP contribution in [0.15, 0.2) is 6.07 Å². The Morgan fingerprint density at radius 1 is 0.917 bits per heavy atom. The van der Waals surface area contributed by atoms with Crippen LogP contribution in [0, 0.1) is 23.3 Å². The van der Waals surface area contributed by atoms with Crippen LogP contribution in [0.3, 0.4) is 0 Å². The molecule has 0 aliphatic heterocycles. The fourth-order valence-electron chi connectivity index (χ4n) is 0.561. The second-order valence-electron chi connectivity index (χ2n) is 1.82. The summed E-state index contributed by atoms with van der Waals surface area (Å²) in [5, 5.41) is 8.34. The van der Waals surface area contributed by atoms with Gasteiger partial charge < -0.3 is 5.11 Å². The summed E-state index contributed by atoms with van der Waals surface area (Å²) in [5.74, 6) is -8.46. The molecule has 61 valence electrons. The van der Waals surface area contributed by atoms with Crippen molar-refractivity contribution < 1.29 is 22.7 Å². The zero-order valence-electron chi connectivity index (χ0n) is 6.04. The van der Waals surface area contributed by atoms with Crippen LogP contribution < -0.4 is 0 Å². The van der Waals surface area contributed by atoms with E-state index in [1.54, 1.807) is 0 Å². The van der Waals surface area contributed by atoms with E-state index in [1.807, 2.05) is 0 Å². The number of rotatable bonds is 0. The molecule has 0 bridgehead atoms. The molecule has 0 aliphatic carbocycles. The minimum absolute atomic E-state index is 0. The van der Waals surface area contributed by atoms with Crippen molar-refractivity contribution >= 4 is 51.4 Å². The van der Waals surface area contributed by atoms with Crippen LogP contribution >= 0.6 is 0 Å². The van der Waals surface area contributed by atoms with Crippen molar-refractivity contribution in [3.05, 3.63) is 29.3 Å². The minimum Gasteiger partial charge on any atom is -0.503 e. The summed E-state index contributed by atoms with van der Waals surface area (Å²) in [7, 11) is 0. The number of benzene rings is 1. The van der Waals surface area contributed by atoms with Crippen molar-refractivity contribution in [2.45, 2.75) is 0 Å². The maximum absolute atomic E-state index is 12.1. The Hall–Kier alpha value is 0.376. The Morgan fingerprint density at radius 3 is 1.58 bits per heavy atom. The van der Waals surface area contributed by atoms with Crippen molar-refractivity contribution in [1.82, 2.24) is 0 Å². The van der Waals surface area contributed by atoms with Crippen LogP contribution in [0.2, 0.25) is 0 Å². The first kappa shape index (κ1) is 12.4. The van der Waals surface area contributed by atoms with Gasteiger partial charge in [-0.1, -0.05) is 0 Å². The van der Waals surface area contributed by atoms with Crippen molar-refractivity contribution in [3.63, 3.8) is 0 Å². The summed E-state index contributed by atoms with van der Waals surface area (Å²) < 4.78 is 48.4. The third kappa shape index (κ3) is 2.20. The third-order valence-electron chi connectivity index (χ3n) is 1.09. The normalized spacial score (nSPS) is 9.33. The summed E-state index contributed by atoms with van der Waals surface area (Å²) in [6.45, 7) is 0. The molecule has 12 heavy (non-hydrogen) atoms. The van der Waals surface area contributed by atoms with Gasteiger partial charge in [0.2, 0.25) is 11.6 Å². The zero-order valence-corrected chi connectivity index (χ0v) is 9.16. The van der Waals surface area contributed by atoms with Crippen molar-refractivity contribution in [2.75, 3.05) is 0 Å². The molecule has 1 radical (unpaired) electrons. The molecule has 0 heterocycles. The second kappa shape index (κ2) is 4.57. The van der Waals surface area contributed by atoms with E-state index in [0.29, 0.717) is 0 Å². The number of hydrogen-bond donors (Lipinski definition) is 1. The molecule has 0 fully saturated rings. The van der Waals surface area contributed by atoms with E-state index >= 15 is 0 Å². The van der Waals surface area contributed by atoms with E-state index in [4.69, 9.17) is 5.11 Å². The number of hydrogen-bond acceptors (Lipinski definition) is 1. The quantitative estimate of drug-likeness (QED) is 0.387. The van der Waals surface area contributed by atoms with E-state index < -0.39 is 29.0 Å². The van der Waals surface area contributed by atoms with Crippen LogP contribution in [0.5, 0.6) is 5.75 Å². The largest absolute Gasteiger partial charge is 0.503 e. The third-order valence-corrected chi connectivity index (χ3v) is 1.09. The summed E-state index contributed by atoms with van der Waals surface area (Å²) in [6, 6.07) is 0.0182. The van der Waals surface area contributed by atoms with Crippen LogP contribution in [0.4, 0.5) is 17.6 Å². The van der Waals surface area contributed by atoms with Gasteiger partial charge >= 0.3 is 0 Å². The number of phenols is 1. The molecule has 6 heteroatoms. The smallest absolute Gasteiger partial charge is 0.203 e. The van der Waals surface area contributed by atoms with Crippen LogP contribution in [-0.4, -0.2) is 56.5 Å². The Kier molecular flexibility index (Phi) is 4.71. The van der Waals surface area contributed by atoms with E-state index in [2.05, 4.69) is 0 Å². The first-order chi connectivity index (χ1) is 5.04. The standard InChI is InChI=1S/C6H2F4O.K/c7-2-1-3(8)5(10)6(11)4(2)9;/h1,11H;. The number of halogens is 4. The molecule has 1 nitrogen and oxygen atoms in total. The molecule has 0 saturated carbocycles. The van der Waals surface area contributed by atoms with Gasteiger partial charge in [0.1, 0.15) is 0 Å². The number of phenolic OH excluding ortho intramolecular Hbond substituents is 1. The molecule has 1 aromatic rings. The molecular weight excluding hydrogens is 203 g/mol. The fraction of sp³-hybridized carbons (Fsp3) is 0. The molecule has 0 aromatic heterocycles. The molecule has 0 atom stereocenters. The van der Waals surface area contributed by atoms with Crippen LogP contribution in [0.1, 0.15) is 0 Å². The van der Waals surface area contributed by atoms with Crippen molar-refractivity contribution in [3.8, 4) is 5.75 Å². The molecule has 0 aliphatic rings. The second-order valence-corrected chi connectivity index (χ2v) is 1.82. The molecule has 1 N–H and O–H groups in total. The van der Waals surface area contributed by atoms with E-state index in [1.165, 1.54) is 0 Å². The van der Waals surface area contributed by atoms with E-state index in [-0.39, 0.29) is 57.5 Å². The van der Waals surface area contributed by atoms with Crippen LogP contribution in [-0.2, 0) is 0 Å². The monoisotopic (exact) mass is 205 g/mol. The molecule has 1 rings (SSSR count). The summed E-state index contributed by atoms with van der Waals surface area (Å²) in [4.78, 5) is 0. The topological polar surface area (TPSA) is 20.2 Å². The molecule has 0 saturated heterocycles. The molecule has 0 amide bonds. The summed E-state index contributed by atoms with van der Waals surface area (Å²) in [5.41, 5.74) is 0. The van der Waals surface area contributed by atoms with Gasteiger partial charge in [0, 0.05) is 57.5 Å². The van der Waals surface area contributed by atoms with Gasteiger partial charge in [0.25, 0.3) is 0 Å². The predicted molar refractivity (Wildman–Crippen MR) is 33.7 cm³/mol. The molecule has 0 unspecified atom stereocenters. The van der Waals surface area contributed by atoms with E-state index in [0.717, 1.165) is 0 Å². The SMILES string of the molecule is Oc1c(F)c(F)cc(F)c1F.[K]. The Labute approximate surface area is 108 Å². The van der Waals surface area contributed by atoms with E-state index in [9.17, 15) is 17.6 Å². The Balaban J connectivity index is 0.00000121. The zero-order chi connectivity index (χ0) is 8.59. The number of aromatic hydroxyl groups is 1. The van der Waals surface area contributed by atoms with Gasteiger partial charge in [-0.3, -0.25) is 0 Å². The minimum atomic E-state index is -1.79. The maximum Gasteiger partial charge on any atom is 0.203 e. The first-order valence-electron chi connectivity index (χ1n) is 2.56. The maximum atomic E-state index is 12.1. The van der Waals surface area contributed by atoms with Crippen LogP contribution in [0.25, 0.3) is 0 Å². The van der Waals surface area contributed by atoms with Gasteiger partial charge in [-0.05, 0) is 0 Å². The fourth-order valence-corrected chi connectivity index (χ4v) is 0.561. The van der Waals surface area contributed by atoms with Gasteiger partial charge in [-0.15, -0.1) is 0 Å².